The fraction of sp³-hybridized carbons (Fsp3) is 0.500. The number of halogens is 2. The molecule has 36 heavy (non-hydrogen) atoms. The van der Waals surface area contributed by atoms with E-state index in [4.69, 9.17) is 32.7 Å². The highest BCUT2D eigenvalue weighted by molar-refractivity contribution is 7.92. The second-order valence-corrected chi connectivity index (χ2v) is 12.8. The first kappa shape index (κ1) is 25.5. The van der Waals surface area contributed by atoms with Crippen LogP contribution < -0.4 is 19.5 Å². The van der Waals surface area contributed by atoms with Crippen LogP contribution in [-0.2, 0) is 21.2 Å². The van der Waals surface area contributed by atoms with Gasteiger partial charge in [-0.1, -0.05) is 35.3 Å². The predicted molar refractivity (Wildman–Crippen MR) is 141 cm³/mol. The molecule has 0 radical (unpaired) electrons. The number of benzene rings is 2. The third kappa shape index (κ3) is 5.87. The minimum atomic E-state index is -3.48. The number of hydrogen-bond donors (Lipinski definition) is 2. The maximum atomic E-state index is 13.1. The summed E-state index contributed by atoms with van der Waals surface area (Å²) in [7, 11) is -3.48. The number of fused-ring (bicyclic) bond motifs is 1. The van der Waals surface area contributed by atoms with Crippen LogP contribution in [-0.4, -0.2) is 32.8 Å². The van der Waals surface area contributed by atoms with Crippen LogP contribution in [0.2, 0.25) is 10.0 Å². The van der Waals surface area contributed by atoms with Gasteiger partial charge in [-0.05, 0) is 68.2 Å². The zero-order chi connectivity index (χ0) is 25.5. The molecule has 1 amide bonds. The van der Waals surface area contributed by atoms with Crippen molar-refractivity contribution in [2.24, 2.45) is 5.92 Å². The Balaban J connectivity index is 1.31. The van der Waals surface area contributed by atoms with E-state index in [2.05, 4.69) is 10.0 Å². The molecule has 0 bridgehead atoms. The highest BCUT2D eigenvalue weighted by Gasteiger charge is 2.46. The normalized spacial score (nSPS) is 20.1. The summed E-state index contributed by atoms with van der Waals surface area (Å²) in [6.45, 7) is 0.532. The van der Waals surface area contributed by atoms with E-state index >= 15 is 0 Å². The Morgan fingerprint density at radius 1 is 1.22 bits per heavy atom. The van der Waals surface area contributed by atoms with Crippen molar-refractivity contribution in [3.63, 3.8) is 0 Å². The molecule has 5 rings (SSSR count). The molecule has 1 spiro atoms. The van der Waals surface area contributed by atoms with Gasteiger partial charge >= 0.3 is 0 Å². The standard InChI is InChI=1S/C26H30Cl2N2O5S/c1-36(32,33)30-21-5-2-4-17(24(21)34-15-16-6-7-16)8-9-23(31)29-22-14-26(10-3-11-26)35-25-19(22)12-18(27)13-20(25)28/h2,4-5,12-13,16,22,30H,3,6-11,14-15H2,1H3,(H,29,31). The number of anilines is 1. The molecule has 194 valence electrons. The fourth-order valence-corrected chi connectivity index (χ4v) is 6.03. The zero-order valence-corrected chi connectivity index (χ0v) is 22.4. The molecule has 1 heterocycles. The SMILES string of the molecule is CS(=O)(=O)Nc1cccc(CCC(=O)NC2CC3(CCC3)Oc3c(Cl)cc(Cl)cc32)c1OCC1CC1. The van der Waals surface area contributed by atoms with Crippen LogP contribution in [0.4, 0.5) is 5.69 Å². The van der Waals surface area contributed by atoms with Crippen LogP contribution >= 0.6 is 23.2 Å². The number of carbonyl (C=O) groups is 1. The first-order valence-electron chi connectivity index (χ1n) is 12.3. The molecule has 3 aliphatic rings. The summed E-state index contributed by atoms with van der Waals surface area (Å²) >= 11 is 12.7. The summed E-state index contributed by atoms with van der Waals surface area (Å²) in [5.41, 5.74) is 1.68. The Kier molecular flexibility index (Phi) is 7.05. The van der Waals surface area contributed by atoms with Gasteiger partial charge < -0.3 is 14.8 Å². The van der Waals surface area contributed by atoms with E-state index in [0.29, 0.717) is 52.6 Å². The lowest BCUT2D eigenvalue weighted by Gasteiger charge is -2.48. The average Bonchev–Trinajstić information content (AvgIpc) is 3.60. The Morgan fingerprint density at radius 3 is 2.67 bits per heavy atom. The summed E-state index contributed by atoms with van der Waals surface area (Å²) in [5.74, 6) is 1.48. The molecule has 10 heteroatoms. The molecule has 0 aromatic heterocycles. The van der Waals surface area contributed by atoms with Crippen molar-refractivity contribution < 1.29 is 22.7 Å². The predicted octanol–water partition coefficient (Wildman–Crippen LogP) is 5.65. The molecule has 2 aromatic carbocycles. The number of amides is 1. The lowest BCUT2D eigenvalue weighted by Crippen LogP contribution is -2.49. The van der Waals surface area contributed by atoms with Crippen LogP contribution in [0.1, 0.15) is 62.1 Å². The highest BCUT2D eigenvalue weighted by Crippen LogP contribution is 2.51. The highest BCUT2D eigenvalue weighted by atomic mass is 35.5. The van der Waals surface area contributed by atoms with Crippen molar-refractivity contribution in [1.29, 1.82) is 0 Å². The number of hydrogen-bond acceptors (Lipinski definition) is 5. The molecular formula is C26H30Cl2N2O5S. The van der Waals surface area contributed by atoms with Gasteiger partial charge in [-0.3, -0.25) is 9.52 Å². The van der Waals surface area contributed by atoms with E-state index < -0.39 is 10.0 Å². The van der Waals surface area contributed by atoms with E-state index in [9.17, 15) is 13.2 Å². The van der Waals surface area contributed by atoms with E-state index in [1.165, 1.54) is 0 Å². The van der Waals surface area contributed by atoms with Crippen molar-refractivity contribution in [3.8, 4) is 11.5 Å². The van der Waals surface area contributed by atoms with Crippen molar-refractivity contribution in [3.05, 3.63) is 51.5 Å². The molecule has 1 unspecified atom stereocenters. The van der Waals surface area contributed by atoms with Gasteiger partial charge in [-0.2, -0.15) is 0 Å². The molecule has 7 nitrogen and oxygen atoms in total. The van der Waals surface area contributed by atoms with Gasteiger partial charge in [-0.15, -0.1) is 0 Å². The smallest absolute Gasteiger partial charge is 0.229 e. The van der Waals surface area contributed by atoms with E-state index in [1.54, 1.807) is 18.2 Å². The quantitative estimate of drug-likeness (QED) is 0.419. The number of carbonyl (C=O) groups excluding carboxylic acids is 1. The molecule has 2 aliphatic carbocycles. The number of para-hydroxylation sites is 1. The van der Waals surface area contributed by atoms with Crippen LogP contribution in [0.5, 0.6) is 11.5 Å². The maximum Gasteiger partial charge on any atom is 0.229 e. The lowest BCUT2D eigenvalue weighted by molar-refractivity contribution is -0.123. The Morgan fingerprint density at radius 2 is 2.00 bits per heavy atom. The second kappa shape index (κ2) is 9.95. The largest absolute Gasteiger partial charge is 0.491 e. The van der Waals surface area contributed by atoms with Crippen molar-refractivity contribution >= 4 is 44.8 Å². The maximum absolute atomic E-state index is 13.1. The Bertz CT molecular complexity index is 1280. The number of sulfonamides is 1. The first-order chi connectivity index (χ1) is 17.1. The molecule has 2 fully saturated rings. The monoisotopic (exact) mass is 552 g/mol. The van der Waals surface area contributed by atoms with Gasteiger partial charge in [0.05, 0.1) is 29.6 Å². The molecular weight excluding hydrogens is 523 g/mol. The summed E-state index contributed by atoms with van der Waals surface area (Å²) < 4.78 is 38.6. The number of ether oxygens (including phenoxy) is 2. The Labute approximate surface area is 221 Å². The molecule has 2 saturated carbocycles. The topological polar surface area (TPSA) is 93.7 Å². The van der Waals surface area contributed by atoms with Gasteiger partial charge in [0.15, 0.2) is 0 Å². The molecule has 0 saturated heterocycles. The molecule has 1 atom stereocenters. The van der Waals surface area contributed by atoms with Crippen LogP contribution in [0.25, 0.3) is 0 Å². The van der Waals surface area contributed by atoms with Gasteiger partial charge in [-0.25, -0.2) is 8.42 Å². The summed E-state index contributed by atoms with van der Waals surface area (Å²) in [4.78, 5) is 13.1. The Hall–Kier alpha value is -2.16. The lowest BCUT2D eigenvalue weighted by atomic mass is 9.73. The van der Waals surface area contributed by atoms with Crippen LogP contribution in [0, 0.1) is 5.92 Å². The van der Waals surface area contributed by atoms with Gasteiger partial charge in [0.25, 0.3) is 0 Å². The van der Waals surface area contributed by atoms with Gasteiger partial charge in [0.1, 0.15) is 17.1 Å². The zero-order valence-electron chi connectivity index (χ0n) is 20.1. The minimum absolute atomic E-state index is 0.118. The van der Waals surface area contributed by atoms with E-state index in [-0.39, 0.29) is 24.0 Å². The van der Waals surface area contributed by atoms with Crippen molar-refractivity contribution in [1.82, 2.24) is 5.32 Å². The van der Waals surface area contributed by atoms with Gasteiger partial charge in [0.2, 0.25) is 15.9 Å². The second-order valence-electron chi connectivity index (χ2n) is 10.2. The van der Waals surface area contributed by atoms with E-state index in [0.717, 1.165) is 49.5 Å². The average molecular weight is 554 g/mol. The van der Waals surface area contributed by atoms with Crippen molar-refractivity contribution in [2.75, 3.05) is 17.6 Å². The van der Waals surface area contributed by atoms with Crippen LogP contribution in [0.3, 0.4) is 0 Å². The number of rotatable bonds is 9. The summed E-state index contributed by atoms with van der Waals surface area (Å²) in [5, 5.41) is 4.12. The number of nitrogens with one attached hydrogen (secondary N) is 2. The first-order valence-corrected chi connectivity index (χ1v) is 15.0. The molecule has 2 aromatic rings. The number of aryl methyl sites for hydroxylation is 1. The third-order valence-electron chi connectivity index (χ3n) is 7.08. The molecule has 2 N–H and O–H groups in total. The minimum Gasteiger partial charge on any atom is -0.491 e. The van der Waals surface area contributed by atoms with E-state index in [1.807, 2.05) is 12.1 Å². The van der Waals surface area contributed by atoms with Gasteiger partial charge in [0, 0.05) is 23.4 Å². The summed E-state index contributed by atoms with van der Waals surface area (Å²) in [6, 6.07) is 8.54. The summed E-state index contributed by atoms with van der Waals surface area (Å²) in [6.07, 6.45) is 7.58. The fourth-order valence-electron chi connectivity index (χ4n) is 4.93. The van der Waals surface area contributed by atoms with Crippen molar-refractivity contribution in [2.45, 2.75) is 63.0 Å². The molecule has 1 aliphatic heterocycles. The third-order valence-corrected chi connectivity index (χ3v) is 8.17. The van der Waals surface area contributed by atoms with Crippen LogP contribution in [0.15, 0.2) is 30.3 Å².